The van der Waals surface area contributed by atoms with Gasteiger partial charge in [0, 0.05) is 56.8 Å². The molecular formula is C30H36ClF2N5O5S. The van der Waals surface area contributed by atoms with Gasteiger partial charge < -0.3 is 20.7 Å². The zero-order valence-corrected chi connectivity index (χ0v) is 26.1. The number of carbonyl (C=O) groups excluding carboxylic acids is 2. The minimum atomic E-state index is -3.29. The number of hydrogen-bond donors (Lipinski definition) is 2. The van der Waals surface area contributed by atoms with Gasteiger partial charge in [-0.15, -0.1) is 12.4 Å². The van der Waals surface area contributed by atoms with Crippen molar-refractivity contribution in [2.24, 2.45) is 5.73 Å². The number of benzene rings is 2. The van der Waals surface area contributed by atoms with E-state index in [1.807, 2.05) is 13.0 Å². The molecule has 2 aromatic carbocycles. The number of pyridine rings is 1. The number of sulfone groups is 1. The molecule has 1 aromatic heterocycles. The second-order valence-electron chi connectivity index (χ2n) is 10.5. The predicted molar refractivity (Wildman–Crippen MR) is 165 cm³/mol. The third-order valence-corrected chi connectivity index (χ3v) is 8.38. The number of aromatic nitrogens is 1. The Morgan fingerprint density at radius 2 is 1.77 bits per heavy atom. The van der Waals surface area contributed by atoms with E-state index in [9.17, 15) is 26.8 Å². The molecule has 3 aromatic rings. The second kappa shape index (κ2) is 15.3. The van der Waals surface area contributed by atoms with Crippen LogP contribution in [0, 0.1) is 11.6 Å². The van der Waals surface area contributed by atoms with Crippen molar-refractivity contribution in [1.82, 2.24) is 14.8 Å². The normalized spacial score (nSPS) is 14.0. The van der Waals surface area contributed by atoms with Gasteiger partial charge >= 0.3 is 6.03 Å². The van der Waals surface area contributed by atoms with Crippen LogP contribution < -0.4 is 15.8 Å². The highest BCUT2D eigenvalue weighted by molar-refractivity contribution is 7.90. The fourth-order valence-corrected chi connectivity index (χ4v) is 5.52. The topological polar surface area (TPSA) is 135 Å². The maximum Gasteiger partial charge on any atom is 0.322 e. The summed E-state index contributed by atoms with van der Waals surface area (Å²) in [5, 5.41) is 2.50. The Balaban J connectivity index is 0.00000529. The summed E-state index contributed by atoms with van der Waals surface area (Å²) in [6.07, 6.45) is 5.89. The van der Waals surface area contributed by atoms with Crippen LogP contribution in [0.25, 0.3) is 0 Å². The van der Waals surface area contributed by atoms with Crippen molar-refractivity contribution in [3.63, 3.8) is 0 Å². The number of ether oxygens (including phenoxy) is 1. The van der Waals surface area contributed by atoms with E-state index in [4.69, 9.17) is 10.5 Å². The molecule has 238 valence electrons. The standard InChI is InChI=1S/C30H35F2N5O5S.ClH/c1-3-4-13-37(30(39)35-27-16-24(29(33)38)25(31)17-26(27)32)21-11-14-36(15-12-21)19-20-5-10-28(34-18-20)42-22-6-8-23(9-7-22)43(2,40)41;/h5-10,16-18,21H,3-4,11-15,19H2,1-2H3,(H2,33,38)(H,35,39);1H. The first kappa shape index (κ1) is 34.7. The lowest BCUT2D eigenvalue weighted by molar-refractivity contribution is 0.0996. The van der Waals surface area contributed by atoms with Crippen molar-refractivity contribution in [2.75, 3.05) is 31.2 Å². The highest BCUT2D eigenvalue weighted by atomic mass is 35.5. The number of carbonyl (C=O) groups is 2. The van der Waals surface area contributed by atoms with Crippen LogP contribution in [0.1, 0.15) is 48.5 Å². The molecule has 0 aliphatic carbocycles. The summed E-state index contributed by atoms with van der Waals surface area (Å²) in [7, 11) is -3.29. The average Bonchev–Trinajstić information content (AvgIpc) is 2.96. The number of piperidine rings is 1. The molecule has 0 atom stereocenters. The number of nitrogens with one attached hydrogen (secondary N) is 1. The highest BCUT2D eigenvalue weighted by Crippen LogP contribution is 2.25. The van der Waals surface area contributed by atoms with Crippen molar-refractivity contribution >= 4 is 39.9 Å². The SMILES string of the molecule is CCCCN(C(=O)Nc1cc(C(N)=O)c(F)cc1F)C1CCN(Cc2ccc(Oc3ccc(S(C)(=O)=O)cc3)nc2)CC1.Cl. The number of halogens is 3. The van der Waals surface area contributed by atoms with Crippen LogP contribution in [-0.2, 0) is 16.4 Å². The summed E-state index contributed by atoms with van der Waals surface area (Å²) in [4.78, 5) is 33.2. The molecule has 1 saturated heterocycles. The van der Waals surface area contributed by atoms with Crippen LogP contribution in [0.15, 0.2) is 59.6 Å². The molecule has 2 heterocycles. The Labute approximate surface area is 261 Å². The van der Waals surface area contributed by atoms with Crippen molar-refractivity contribution in [1.29, 1.82) is 0 Å². The molecule has 1 fully saturated rings. The van der Waals surface area contributed by atoms with Crippen LogP contribution in [-0.4, -0.2) is 67.1 Å². The van der Waals surface area contributed by atoms with Crippen molar-refractivity contribution in [3.8, 4) is 11.6 Å². The van der Waals surface area contributed by atoms with Crippen LogP contribution in [0.5, 0.6) is 11.6 Å². The number of hydrogen-bond acceptors (Lipinski definition) is 7. The van der Waals surface area contributed by atoms with E-state index in [0.29, 0.717) is 43.6 Å². The molecule has 14 heteroatoms. The van der Waals surface area contributed by atoms with E-state index in [2.05, 4.69) is 15.2 Å². The number of rotatable bonds is 11. The number of amides is 3. The van der Waals surface area contributed by atoms with Gasteiger partial charge in [-0.05, 0) is 55.2 Å². The van der Waals surface area contributed by atoms with Crippen LogP contribution in [0.4, 0.5) is 19.3 Å². The molecule has 44 heavy (non-hydrogen) atoms. The van der Waals surface area contributed by atoms with Gasteiger partial charge in [0.25, 0.3) is 5.91 Å². The third kappa shape index (κ3) is 9.10. The molecule has 0 radical (unpaired) electrons. The predicted octanol–water partition coefficient (Wildman–Crippen LogP) is 5.37. The van der Waals surface area contributed by atoms with E-state index in [-0.39, 0.29) is 29.0 Å². The molecule has 4 rings (SSSR count). The minimum Gasteiger partial charge on any atom is -0.439 e. The molecule has 3 N–H and O–H groups in total. The fraction of sp³-hybridized carbons (Fsp3) is 0.367. The Hall–Kier alpha value is -3.81. The minimum absolute atomic E-state index is 0. The quantitative estimate of drug-likeness (QED) is 0.284. The van der Waals surface area contributed by atoms with Gasteiger partial charge in [0.1, 0.15) is 17.4 Å². The highest BCUT2D eigenvalue weighted by Gasteiger charge is 2.28. The van der Waals surface area contributed by atoms with Gasteiger partial charge in [-0.2, -0.15) is 0 Å². The fourth-order valence-electron chi connectivity index (χ4n) is 4.89. The monoisotopic (exact) mass is 651 g/mol. The van der Waals surface area contributed by atoms with Gasteiger partial charge in [-0.25, -0.2) is 27.0 Å². The summed E-state index contributed by atoms with van der Waals surface area (Å²) in [5.74, 6) is -2.27. The molecule has 10 nitrogen and oxygen atoms in total. The summed E-state index contributed by atoms with van der Waals surface area (Å²) in [5.41, 5.74) is 5.36. The number of anilines is 1. The number of nitrogens with two attached hydrogens (primary N) is 1. The van der Waals surface area contributed by atoms with Gasteiger partial charge in [-0.3, -0.25) is 9.69 Å². The molecule has 1 aliphatic rings. The largest absolute Gasteiger partial charge is 0.439 e. The molecule has 3 amide bonds. The maximum atomic E-state index is 14.4. The number of primary amides is 1. The lowest BCUT2D eigenvalue weighted by Crippen LogP contribution is -2.49. The molecular weight excluding hydrogens is 616 g/mol. The Bertz CT molecular complexity index is 1550. The summed E-state index contributed by atoms with van der Waals surface area (Å²) in [6.45, 7) is 4.59. The summed E-state index contributed by atoms with van der Waals surface area (Å²) < 4.78 is 57.3. The zero-order chi connectivity index (χ0) is 31.1. The van der Waals surface area contributed by atoms with E-state index < -0.39 is 39.0 Å². The zero-order valence-electron chi connectivity index (χ0n) is 24.5. The van der Waals surface area contributed by atoms with E-state index >= 15 is 0 Å². The molecule has 0 saturated carbocycles. The van der Waals surface area contributed by atoms with Gasteiger partial charge in [0.2, 0.25) is 5.88 Å². The Morgan fingerprint density at radius 3 is 2.34 bits per heavy atom. The van der Waals surface area contributed by atoms with Crippen molar-refractivity contribution < 1.29 is 31.5 Å². The number of likely N-dealkylation sites (tertiary alicyclic amines) is 1. The molecule has 0 unspecified atom stereocenters. The maximum absolute atomic E-state index is 14.4. The van der Waals surface area contributed by atoms with Crippen molar-refractivity contribution in [2.45, 2.75) is 50.1 Å². The number of unbranched alkanes of at least 4 members (excludes halogenated alkanes) is 1. The smallest absolute Gasteiger partial charge is 0.322 e. The van der Waals surface area contributed by atoms with E-state index in [0.717, 1.165) is 43.8 Å². The number of urea groups is 1. The first-order valence-corrected chi connectivity index (χ1v) is 15.9. The lowest BCUT2D eigenvalue weighted by Gasteiger charge is -2.38. The van der Waals surface area contributed by atoms with E-state index in [1.54, 1.807) is 29.3 Å². The van der Waals surface area contributed by atoms with Crippen molar-refractivity contribution in [3.05, 3.63) is 77.5 Å². The molecule has 0 spiro atoms. The molecule has 0 bridgehead atoms. The van der Waals surface area contributed by atoms with Crippen LogP contribution in [0.2, 0.25) is 0 Å². The van der Waals surface area contributed by atoms with Gasteiger partial charge in [0.05, 0.1) is 16.1 Å². The van der Waals surface area contributed by atoms with Gasteiger partial charge in [0.15, 0.2) is 9.84 Å². The number of nitrogens with zero attached hydrogens (tertiary/aromatic N) is 3. The Kier molecular flexibility index (Phi) is 12.0. The lowest BCUT2D eigenvalue weighted by atomic mass is 10.0. The third-order valence-electron chi connectivity index (χ3n) is 7.25. The summed E-state index contributed by atoms with van der Waals surface area (Å²) >= 11 is 0. The first-order chi connectivity index (χ1) is 20.4. The first-order valence-electron chi connectivity index (χ1n) is 14.0. The average molecular weight is 652 g/mol. The van der Waals surface area contributed by atoms with Crippen LogP contribution >= 0.6 is 12.4 Å². The Morgan fingerprint density at radius 1 is 1.09 bits per heavy atom. The van der Waals surface area contributed by atoms with Crippen LogP contribution in [0.3, 0.4) is 0 Å². The summed E-state index contributed by atoms with van der Waals surface area (Å²) in [6, 6.07) is 10.7. The van der Waals surface area contributed by atoms with E-state index in [1.165, 1.54) is 12.1 Å². The second-order valence-corrected chi connectivity index (χ2v) is 12.5. The molecule has 1 aliphatic heterocycles. The van der Waals surface area contributed by atoms with Gasteiger partial charge in [-0.1, -0.05) is 19.4 Å².